The maximum atomic E-state index is 13.5. The second-order valence-corrected chi connectivity index (χ2v) is 7.80. The van der Waals surface area contributed by atoms with Crippen molar-refractivity contribution in [2.75, 3.05) is 0 Å². The van der Waals surface area contributed by atoms with Gasteiger partial charge in [0.15, 0.2) is 0 Å². The fourth-order valence-electron chi connectivity index (χ4n) is 3.82. The number of aryl methyl sites for hydroxylation is 1. The molecule has 0 unspecified atom stereocenters. The molecule has 0 spiro atoms. The summed E-state index contributed by atoms with van der Waals surface area (Å²) in [6.07, 6.45) is 4.94. The molecule has 0 atom stereocenters. The average molecular weight is 454 g/mol. The number of hydrogen-bond acceptors (Lipinski definition) is 5. The number of ketones is 1. The Morgan fingerprint density at radius 2 is 1.82 bits per heavy atom. The van der Waals surface area contributed by atoms with E-state index >= 15 is 0 Å². The lowest BCUT2D eigenvalue weighted by atomic mass is 9.97. The van der Waals surface area contributed by atoms with Crippen LogP contribution in [0.15, 0.2) is 77.7 Å². The van der Waals surface area contributed by atoms with Gasteiger partial charge in [-0.3, -0.25) is 14.6 Å². The molecule has 5 rings (SSSR count). The van der Waals surface area contributed by atoms with Crippen LogP contribution in [-0.2, 0) is 6.54 Å². The third-order valence-electron chi connectivity index (χ3n) is 5.60. The van der Waals surface area contributed by atoms with Gasteiger partial charge in [-0.2, -0.15) is 0 Å². The van der Waals surface area contributed by atoms with Crippen LogP contribution in [-0.4, -0.2) is 26.8 Å². The number of pyridine rings is 1. The number of nitrogens with zero attached hydrogens (tertiary/aromatic N) is 2. The molecule has 3 heterocycles. The van der Waals surface area contributed by atoms with Gasteiger partial charge in [0, 0.05) is 52.7 Å². The van der Waals surface area contributed by atoms with E-state index in [9.17, 15) is 14.0 Å². The third kappa shape index (κ3) is 3.97. The van der Waals surface area contributed by atoms with Crippen molar-refractivity contribution < 1.29 is 18.5 Å². The van der Waals surface area contributed by atoms with Crippen LogP contribution in [0.1, 0.15) is 37.6 Å². The molecule has 7 nitrogen and oxygen atoms in total. The summed E-state index contributed by atoms with van der Waals surface area (Å²) in [5, 5.41) is 7.57. The Bertz CT molecular complexity index is 1500. The number of fused-ring (bicyclic) bond motifs is 1. The molecular formula is C26H19FN4O3. The van der Waals surface area contributed by atoms with Gasteiger partial charge in [0.1, 0.15) is 17.3 Å². The van der Waals surface area contributed by atoms with Crippen molar-refractivity contribution in [3.63, 3.8) is 0 Å². The molecule has 5 aromatic rings. The average Bonchev–Trinajstić information content (AvgIpc) is 3.46. The monoisotopic (exact) mass is 454 g/mol. The minimum absolute atomic E-state index is 0.227. The molecule has 3 aromatic heterocycles. The molecule has 2 N–H and O–H groups in total. The lowest BCUT2D eigenvalue weighted by Crippen LogP contribution is -2.22. The van der Waals surface area contributed by atoms with Crippen LogP contribution < -0.4 is 5.32 Å². The summed E-state index contributed by atoms with van der Waals surface area (Å²) in [6, 6.07) is 14.5. The molecule has 8 heteroatoms. The first kappa shape index (κ1) is 21.3. The predicted octanol–water partition coefficient (Wildman–Crippen LogP) is 4.83. The van der Waals surface area contributed by atoms with Crippen molar-refractivity contribution >= 4 is 22.6 Å². The molecular weight excluding hydrogens is 435 g/mol. The zero-order valence-electron chi connectivity index (χ0n) is 18.1. The molecule has 0 radical (unpaired) electrons. The number of hydrogen-bond donors (Lipinski definition) is 2. The summed E-state index contributed by atoms with van der Waals surface area (Å²) in [7, 11) is 0. The highest BCUT2D eigenvalue weighted by Gasteiger charge is 2.25. The lowest BCUT2D eigenvalue weighted by molar-refractivity contribution is 0.0950. The van der Waals surface area contributed by atoms with Gasteiger partial charge in [-0.25, -0.2) is 4.39 Å². The molecule has 34 heavy (non-hydrogen) atoms. The highest BCUT2D eigenvalue weighted by atomic mass is 19.1. The number of nitrogens with one attached hydrogen (secondary N) is 2. The summed E-state index contributed by atoms with van der Waals surface area (Å²) in [6.45, 7) is 2.04. The highest BCUT2D eigenvalue weighted by Crippen LogP contribution is 2.30. The third-order valence-corrected chi connectivity index (χ3v) is 5.60. The van der Waals surface area contributed by atoms with E-state index in [4.69, 9.17) is 4.52 Å². The predicted molar refractivity (Wildman–Crippen MR) is 124 cm³/mol. The van der Waals surface area contributed by atoms with Crippen LogP contribution in [0.4, 0.5) is 4.39 Å². The number of amides is 1. The molecule has 168 valence electrons. The molecule has 0 fully saturated rings. The Balaban J connectivity index is 1.42. The van der Waals surface area contributed by atoms with E-state index in [1.165, 1.54) is 12.1 Å². The number of carbonyl (C=O) groups excluding carboxylic acids is 2. The number of halogens is 1. The van der Waals surface area contributed by atoms with Crippen LogP contribution in [0, 0.1) is 12.7 Å². The Labute approximate surface area is 193 Å². The van der Waals surface area contributed by atoms with Crippen molar-refractivity contribution in [3.8, 4) is 11.3 Å². The highest BCUT2D eigenvalue weighted by molar-refractivity contribution is 6.19. The fraction of sp³-hybridized carbons (Fsp3) is 0.0769. The summed E-state index contributed by atoms with van der Waals surface area (Å²) >= 11 is 0. The van der Waals surface area contributed by atoms with Crippen LogP contribution in [0.25, 0.3) is 22.2 Å². The molecule has 0 saturated heterocycles. The molecule has 0 saturated carbocycles. The van der Waals surface area contributed by atoms with Gasteiger partial charge in [-0.05, 0) is 61.0 Å². The van der Waals surface area contributed by atoms with Crippen LogP contribution in [0.5, 0.6) is 0 Å². The first-order valence-corrected chi connectivity index (χ1v) is 10.6. The van der Waals surface area contributed by atoms with E-state index in [1.54, 1.807) is 55.8 Å². The quantitative estimate of drug-likeness (QED) is 0.358. The van der Waals surface area contributed by atoms with E-state index in [0.29, 0.717) is 51.2 Å². The number of aromatic nitrogens is 3. The molecule has 0 aliphatic heterocycles. The van der Waals surface area contributed by atoms with Crippen LogP contribution in [0.2, 0.25) is 0 Å². The summed E-state index contributed by atoms with van der Waals surface area (Å²) in [4.78, 5) is 33.1. The van der Waals surface area contributed by atoms with Gasteiger partial charge in [0.05, 0.1) is 5.56 Å². The number of aromatic amines is 1. The first-order valence-electron chi connectivity index (χ1n) is 10.6. The molecule has 0 aliphatic rings. The number of carbonyl (C=O) groups is 2. The SMILES string of the molecule is Cc1onc(-c2ccc(F)cc2)c1C(=O)c1c[nH]c2cc(C(=O)NCc3ccncc3)ccc12. The number of benzene rings is 2. The van der Waals surface area contributed by atoms with Gasteiger partial charge in [-0.1, -0.05) is 11.2 Å². The van der Waals surface area contributed by atoms with Crippen LogP contribution in [0.3, 0.4) is 0 Å². The van der Waals surface area contributed by atoms with Crippen molar-refractivity contribution in [2.24, 2.45) is 0 Å². The maximum Gasteiger partial charge on any atom is 0.251 e. The van der Waals surface area contributed by atoms with Gasteiger partial charge in [0.2, 0.25) is 5.78 Å². The largest absolute Gasteiger partial charge is 0.360 e. The minimum Gasteiger partial charge on any atom is -0.360 e. The van der Waals surface area contributed by atoms with Crippen molar-refractivity contribution in [2.45, 2.75) is 13.5 Å². The second-order valence-electron chi connectivity index (χ2n) is 7.80. The summed E-state index contributed by atoms with van der Waals surface area (Å²) in [5.74, 6) is -0.520. The van der Waals surface area contributed by atoms with E-state index in [-0.39, 0.29) is 17.5 Å². The topological polar surface area (TPSA) is 101 Å². The van der Waals surface area contributed by atoms with Crippen molar-refractivity contribution in [3.05, 3.63) is 107 Å². The number of rotatable bonds is 6. The van der Waals surface area contributed by atoms with Crippen LogP contribution >= 0.6 is 0 Å². The molecule has 2 aromatic carbocycles. The van der Waals surface area contributed by atoms with E-state index in [1.807, 2.05) is 12.1 Å². The van der Waals surface area contributed by atoms with E-state index in [0.717, 1.165) is 5.56 Å². The number of H-pyrrole nitrogens is 1. The smallest absolute Gasteiger partial charge is 0.251 e. The molecule has 0 bridgehead atoms. The Kier molecular flexibility index (Phi) is 5.47. The Morgan fingerprint density at radius 3 is 2.59 bits per heavy atom. The summed E-state index contributed by atoms with van der Waals surface area (Å²) < 4.78 is 18.6. The van der Waals surface area contributed by atoms with E-state index < -0.39 is 0 Å². The van der Waals surface area contributed by atoms with Crippen molar-refractivity contribution in [1.82, 2.24) is 20.4 Å². The van der Waals surface area contributed by atoms with Gasteiger partial charge < -0.3 is 14.8 Å². The van der Waals surface area contributed by atoms with E-state index in [2.05, 4.69) is 20.4 Å². The standard InChI is InChI=1S/C26H19FN4O3/c1-15-23(24(31-34-15)17-2-5-19(27)6-3-17)25(32)21-14-29-22-12-18(4-7-20(21)22)26(33)30-13-16-8-10-28-11-9-16/h2-12,14,29H,13H2,1H3,(H,30,33). The zero-order chi connectivity index (χ0) is 23.7. The normalized spacial score (nSPS) is 11.0. The second kappa shape index (κ2) is 8.74. The fourth-order valence-corrected chi connectivity index (χ4v) is 3.82. The van der Waals surface area contributed by atoms with Crippen molar-refractivity contribution in [1.29, 1.82) is 0 Å². The summed E-state index contributed by atoms with van der Waals surface area (Å²) in [5.41, 5.74) is 3.73. The zero-order valence-corrected chi connectivity index (χ0v) is 18.1. The lowest BCUT2D eigenvalue weighted by Gasteiger charge is -2.06. The van der Waals surface area contributed by atoms with Gasteiger partial charge in [-0.15, -0.1) is 0 Å². The first-order chi connectivity index (χ1) is 16.5. The molecule has 0 aliphatic carbocycles. The molecule has 1 amide bonds. The minimum atomic E-state index is -0.380. The Morgan fingerprint density at radius 1 is 1.06 bits per heavy atom. The Hall–Kier alpha value is -4.59. The van der Waals surface area contributed by atoms with Gasteiger partial charge >= 0.3 is 0 Å². The maximum absolute atomic E-state index is 13.5. The van der Waals surface area contributed by atoms with Gasteiger partial charge in [0.25, 0.3) is 5.91 Å².